The smallest absolute Gasteiger partial charge is 0.317 e. The van der Waals surface area contributed by atoms with Gasteiger partial charge >= 0.3 is 12.0 Å². The predicted octanol–water partition coefficient (Wildman–Crippen LogP) is 0.918. The quantitative estimate of drug-likeness (QED) is 0.768. The van der Waals surface area contributed by atoms with Crippen LogP contribution in [0.2, 0.25) is 0 Å². The average Bonchev–Trinajstić information content (AvgIpc) is 2.35. The van der Waals surface area contributed by atoms with E-state index >= 15 is 0 Å². The lowest BCUT2D eigenvalue weighted by atomic mass is 10.1. The zero-order valence-electron chi connectivity index (χ0n) is 11.0. The number of ether oxygens (including phenoxy) is 1. The van der Waals surface area contributed by atoms with E-state index in [1.165, 1.54) is 0 Å². The van der Waals surface area contributed by atoms with Gasteiger partial charge in [-0.1, -0.05) is 20.3 Å². The van der Waals surface area contributed by atoms with E-state index in [1.807, 2.05) is 0 Å². The summed E-state index contributed by atoms with van der Waals surface area (Å²) in [4.78, 5) is 24.1. The highest BCUT2D eigenvalue weighted by Crippen LogP contribution is 2.09. The number of nitrogens with zero attached hydrogens (tertiary/aromatic N) is 1. The summed E-state index contributed by atoms with van der Waals surface area (Å²) in [6.07, 6.45) is 0.561. The Labute approximate surface area is 107 Å². The van der Waals surface area contributed by atoms with E-state index in [-0.39, 0.29) is 12.5 Å². The van der Waals surface area contributed by atoms with Crippen molar-refractivity contribution in [2.24, 2.45) is 5.92 Å². The SMILES string of the molecule is CCC(C)CNC(=O)N1CCOC(CC(=O)O)C1. The molecule has 0 spiro atoms. The molecule has 18 heavy (non-hydrogen) atoms. The molecule has 0 radical (unpaired) electrons. The number of urea groups is 1. The van der Waals surface area contributed by atoms with E-state index in [2.05, 4.69) is 19.2 Å². The highest BCUT2D eigenvalue weighted by atomic mass is 16.5. The maximum absolute atomic E-state index is 11.9. The van der Waals surface area contributed by atoms with Crippen molar-refractivity contribution in [2.75, 3.05) is 26.2 Å². The summed E-state index contributed by atoms with van der Waals surface area (Å²) >= 11 is 0. The van der Waals surface area contributed by atoms with Crippen LogP contribution in [-0.2, 0) is 9.53 Å². The molecule has 2 amide bonds. The third kappa shape index (κ3) is 4.91. The normalized spacial score (nSPS) is 21.4. The van der Waals surface area contributed by atoms with Gasteiger partial charge in [-0.25, -0.2) is 4.79 Å². The molecule has 1 aliphatic rings. The Morgan fingerprint density at radius 1 is 1.56 bits per heavy atom. The highest BCUT2D eigenvalue weighted by Gasteiger charge is 2.25. The molecule has 0 bridgehead atoms. The maximum Gasteiger partial charge on any atom is 0.317 e. The number of morpholine rings is 1. The minimum Gasteiger partial charge on any atom is -0.481 e. The number of rotatable bonds is 5. The van der Waals surface area contributed by atoms with Crippen LogP contribution in [0.15, 0.2) is 0 Å². The van der Waals surface area contributed by atoms with Crippen molar-refractivity contribution in [2.45, 2.75) is 32.8 Å². The van der Waals surface area contributed by atoms with Gasteiger partial charge < -0.3 is 20.1 Å². The number of carbonyl (C=O) groups excluding carboxylic acids is 1. The fourth-order valence-corrected chi connectivity index (χ4v) is 1.74. The Kier molecular flexibility index (Phi) is 5.91. The van der Waals surface area contributed by atoms with Gasteiger partial charge in [0, 0.05) is 19.6 Å². The molecule has 2 N–H and O–H groups in total. The van der Waals surface area contributed by atoms with Crippen LogP contribution >= 0.6 is 0 Å². The second-order valence-corrected chi connectivity index (χ2v) is 4.74. The fraction of sp³-hybridized carbons (Fsp3) is 0.833. The van der Waals surface area contributed by atoms with Gasteiger partial charge in [0.25, 0.3) is 0 Å². The van der Waals surface area contributed by atoms with Gasteiger partial charge in [0.15, 0.2) is 0 Å². The number of aliphatic carboxylic acids is 1. The van der Waals surface area contributed by atoms with Crippen LogP contribution in [0, 0.1) is 5.92 Å². The molecule has 6 heteroatoms. The first-order valence-electron chi connectivity index (χ1n) is 6.39. The summed E-state index contributed by atoms with van der Waals surface area (Å²) < 4.78 is 5.31. The van der Waals surface area contributed by atoms with Crippen LogP contribution in [0.4, 0.5) is 4.79 Å². The number of carbonyl (C=O) groups is 2. The summed E-state index contributed by atoms with van der Waals surface area (Å²) in [6, 6.07) is -0.131. The monoisotopic (exact) mass is 258 g/mol. The topological polar surface area (TPSA) is 78.9 Å². The Balaban J connectivity index is 2.36. The predicted molar refractivity (Wildman–Crippen MR) is 66.4 cm³/mol. The van der Waals surface area contributed by atoms with Gasteiger partial charge in [-0.2, -0.15) is 0 Å². The third-order valence-corrected chi connectivity index (χ3v) is 3.13. The number of nitrogens with one attached hydrogen (secondary N) is 1. The third-order valence-electron chi connectivity index (χ3n) is 3.13. The van der Waals surface area contributed by atoms with Crippen LogP contribution in [-0.4, -0.2) is 54.4 Å². The first-order valence-corrected chi connectivity index (χ1v) is 6.39. The van der Waals surface area contributed by atoms with Crippen molar-refractivity contribution in [1.29, 1.82) is 0 Å². The minimum atomic E-state index is -0.901. The Morgan fingerprint density at radius 3 is 2.89 bits per heavy atom. The van der Waals surface area contributed by atoms with Gasteiger partial charge in [-0.05, 0) is 5.92 Å². The molecule has 2 unspecified atom stereocenters. The number of carboxylic acid groups (broad SMARTS) is 1. The van der Waals surface area contributed by atoms with Crippen molar-refractivity contribution in [3.63, 3.8) is 0 Å². The lowest BCUT2D eigenvalue weighted by molar-refractivity contribution is -0.141. The van der Waals surface area contributed by atoms with Crippen molar-refractivity contribution >= 4 is 12.0 Å². The largest absolute Gasteiger partial charge is 0.481 e. The van der Waals surface area contributed by atoms with Crippen LogP contribution in [0.5, 0.6) is 0 Å². The lowest BCUT2D eigenvalue weighted by Crippen LogP contribution is -2.50. The van der Waals surface area contributed by atoms with E-state index in [4.69, 9.17) is 9.84 Å². The zero-order valence-corrected chi connectivity index (χ0v) is 11.0. The molecule has 1 heterocycles. The Morgan fingerprint density at radius 2 is 2.28 bits per heavy atom. The zero-order chi connectivity index (χ0) is 13.5. The molecule has 0 aliphatic carbocycles. The highest BCUT2D eigenvalue weighted by molar-refractivity contribution is 5.74. The van der Waals surface area contributed by atoms with E-state index in [9.17, 15) is 9.59 Å². The van der Waals surface area contributed by atoms with Crippen LogP contribution < -0.4 is 5.32 Å². The molecule has 1 fully saturated rings. The summed E-state index contributed by atoms with van der Waals surface area (Å²) in [5.74, 6) is -0.452. The van der Waals surface area contributed by atoms with Crippen molar-refractivity contribution < 1.29 is 19.4 Å². The Hall–Kier alpha value is -1.30. The lowest BCUT2D eigenvalue weighted by Gasteiger charge is -2.32. The minimum absolute atomic E-state index is 0.0604. The molecule has 0 aromatic heterocycles. The van der Waals surface area contributed by atoms with Gasteiger partial charge in [0.2, 0.25) is 0 Å². The first kappa shape index (κ1) is 14.8. The van der Waals surface area contributed by atoms with Crippen LogP contribution in [0.3, 0.4) is 0 Å². The number of hydrogen-bond acceptors (Lipinski definition) is 3. The molecule has 1 aliphatic heterocycles. The fourth-order valence-electron chi connectivity index (χ4n) is 1.74. The van der Waals surface area contributed by atoms with Crippen LogP contribution in [0.25, 0.3) is 0 Å². The number of carboxylic acids is 1. The molecule has 104 valence electrons. The molecule has 0 saturated carbocycles. The number of amides is 2. The number of hydrogen-bond donors (Lipinski definition) is 2. The van der Waals surface area contributed by atoms with Gasteiger partial charge in [0.1, 0.15) is 0 Å². The second-order valence-electron chi connectivity index (χ2n) is 4.74. The van der Waals surface area contributed by atoms with E-state index in [0.717, 1.165) is 6.42 Å². The summed E-state index contributed by atoms with van der Waals surface area (Å²) in [5, 5.41) is 11.6. The van der Waals surface area contributed by atoms with E-state index in [0.29, 0.717) is 32.2 Å². The molecular formula is C12H22N2O4. The molecule has 0 aromatic rings. The standard InChI is InChI=1S/C12H22N2O4/c1-3-9(2)7-13-12(17)14-4-5-18-10(8-14)6-11(15)16/h9-10H,3-8H2,1-2H3,(H,13,17)(H,15,16). The van der Waals surface area contributed by atoms with Crippen molar-refractivity contribution in [3.8, 4) is 0 Å². The second kappa shape index (κ2) is 7.20. The average molecular weight is 258 g/mol. The van der Waals surface area contributed by atoms with E-state index < -0.39 is 12.1 Å². The molecule has 1 saturated heterocycles. The van der Waals surface area contributed by atoms with Gasteiger partial charge in [0.05, 0.1) is 19.1 Å². The summed E-state index contributed by atoms with van der Waals surface area (Å²) in [7, 11) is 0. The molecule has 0 aromatic carbocycles. The summed E-state index contributed by atoms with van der Waals surface area (Å²) in [5.41, 5.74) is 0. The van der Waals surface area contributed by atoms with E-state index in [1.54, 1.807) is 4.90 Å². The van der Waals surface area contributed by atoms with Gasteiger partial charge in [-0.15, -0.1) is 0 Å². The molecule has 6 nitrogen and oxygen atoms in total. The molecular weight excluding hydrogens is 236 g/mol. The summed E-state index contributed by atoms with van der Waals surface area (Å²) in [6.45, 7) is 6.06. The van der Waals surface area contributed by atoms with Gasteiger partial charge in [-0.3, -0.25) is 4.79 Å². The molecule has 1 rings (SSSR count). The van der Waals surface area contributed by atoms with Crippen molar-refractivity contribution in [1.82, 2.24) is 10.2 Å². The first-order chi connectivity index (χ1) is 8.52. The van der Waals surface area contributed by atoms with Crippen molar-refractivity contribution in [3.05, 3.63) is 0 Å². The molecule has 2 atom stereocenters. The van der Waals surface area contributed by atoms with Crippen LogP contribution in [0.1, 0.15) is 26.7 Å². The Bertz CT molecular complexity index is 296. The maximum atomic E-state index is 11.9.